The first-order valence-electron chi connectivity index (χ1n) is 9.88. The van der Waals surface area contributed by atoms with Crippen LogP contribution in [0.1, 0.15) is 50.9 Å². The second-order valence-corrected chi connectivity index (χ2v) is 7.33. The quantitative estimate of drug-likeness (QED) is 0.623. The van der Waals surface area contributed by atoms with Crippen LogP contribution >= 0.6 is 0 Å². The summed E-state index contributed by atoms with van der Waals surface area (Å²) in [5.74, 6) is 0.670. The molecule has 1 aliphatic carbocycles. The lowest BCUT2D eigenvalue weighted by Gasteiger charge is -2.11. The number of ether oxygens (including phenoxy) is 1. The number of carbonyl (C=O) groups excluding carboxylic acids is 2. The summed E-state index contributed by atoms with van der Waals surface area (Å²) in [5.41, 5.74) is 4.03. The smallest absolute Gasteiger partial charge is 0.257 e. The lowest BCUT2D eigenvalue weighted by molar-refractivity contribution is 0.101. The van der Waals surface area contributed by atoms with Crippen LogP contribution < -0.4 is 15.4 Å². The highest BCUT2D eigenvalue weighted by atomic mass is 16.5. The molecule has 152 valence electrons. The van der Waals surface area contributed by atoms with Crippen molar-refractivity contribution in [2.45, 2.75) is 25.7 Å². The maximum absolute atomic E-state index is 12.6. The minimum absolute atomic E-state index is 0.214. The molecule has 2 aromatic carbocycles. The fourth-order valence-electron chi connectivity index (χ4n) is 3.27. The summed E-state index contributed by atoms with van der Waals surface area (Å²) in [5, 5.41) is 5.70. The molecule has 0 spiro atoms. The number of carbonyl (C=O) groups is 2. The molecule has 1 fully saturated rings. The summed E-state index contributed by atoms with van der Waals surface area (Å²) in [6.45, 7) is 1.85. The molecule has 1 saturated carbocycles. The van der Waals surface area contributed by atoms with Crippen LogP contribution in [-0.2, 0) is 0 Å². The maximum Gasteiger partial charge on any atom is 0.257 e. The third-order valence-electron chi connectivity index (χ3n) is 5.11. The Morgan fingerprint density at radius 2 is 1.67 bits per heavy atom. The zero-order valence-corrected chi connectivity index (χ0v) is 16.9. The number of para-hydroxylation sites is 2. The lowest BCUT2D eigenvalue weighted by atomic mass is 10.1. The molecule has 6 nitrogen and oxygen atoms in total. The number of amides is 2. The minimum Gasteiger partial charge on any atom is -0.495 e. The Morgan fingerprint density at radius 3 is 2.33 bits per heavy atom. The predicted octanol–water partition coefficient (Wildman–Crippen LogP) is 4.78. The van der Waals surface area contributed by atoms with Gasteiger partial charge in [0.25, 0.3) is 11.8 Å². The predicted molar refractivity (Wildman–Crippen MR) is 116 cm³/mol. The SMILES string of the molecule is COc1ccccc1NC(=O)c1ccc(NC(=O)c2ccc(C3CC3)nc2C)cc1. The topological polar surface area (TPSA) is 80.3 Å². The first-order chi connectivity index (χ1) is 14.5. The summed E-state index contributed by atoms with van der Waals surface area (Å²) < 4.78 is 5.25. The van der Waals surface area contributed by atoms with Crippen molar-refractivity contribution in [3.05, 3.63) is 83.2 Å². The van der Waals surface area contributed by atoms with E-state index in [2.05, 4.69) is 15.6 Å². The monoisotopic (exact) mass is 401 g/mol. The van der Waals surface area contributed by atoms with Crippen molar-refractivity contribution in [3.8, 4) is 5.75 Å². The molecule has 4 rings (SSSR count). The van der Waals surface area contributed by atoms with Crippen LogP contribution in [0, 0.1) is 6.92 Å². The highest BCUT2D eigenvalue weighted by Gasteiger charge is 2.25. The van der Waals surface area contributed by atoms with E-state index in [1.807, 2.05) is 31.2 Å². The van der Waals surface area contributed by atoms with Gasteiger partial charge in [0.1, 0.15) is 5.75 Å². The fourth-order valence-corrected chi connectivity index (χ4v) is 3.27. The average molecular weight is 401 g/mol. The zero-order valence-electron chi connectivity index (χ0n) is 16.9. The highest BCUT2D eigenvalue weighted by Crippen LogP contribution is 2.39. The van der Waals surface area contributed by atoms with E-state index in [9.17, 15) is 9.59 Å². The Kier molecular flexibility index (Phi) is 5.48. The molecule has 0 bridgehead atoms. The number of benzene rings is 2. The van der Waals surface area contributed by atoms with Gasteiger partial charge >= 0.3 is 0 Å². The van der Waals surface area contributed by atoms with Crippen LogP contribution in [0.2, 0.25) is 0 Å². The Morgan fingerprint density at radius 1 is 0.933 bits per heavy atom. The molecule has 3 aromatic rings. The highest BCUT2D eigenvalue weighted by molar-refractivity contribution is 6.07. The molecule has 1 heterocycles. The molecular formula is C24H23N3O3. The van der Waals surface area contributed by atoms with E-state index in [1.165, 1.54) is 12.8 Å². The Balaban J connectivity index is 1.42. The van der Waals surface area contributed by atoms with Crippen LogP contribution in [0.4, 0.5) is 11.4 Å². The number of methoxy groups -OCH3 is 1. The van der Waals surface area contributed by atoms with Gasteiger partial charge in [-0.2, -0.15) is 0 Å². The van der Waals surface area contributed by atoms with Crippen LogP contribution in [0.15, 0.2) is 60.7 Å². The molecule has 1 aromatic heterocycles. The molecule has 0 aliphatic heterocycles. The van der Waals surface area contributed by atoms with E-state index in [1.54, 1.807) is 43.5 Å². The van der Waals surface area contributed by atoms with Gasteiger partial charge in [-0.25, -0.2) is 0 Å². The van der Waals surface area contributed by atoms with E-state index in [0.29, 0.717) is 34.2 Å². The summed E-state index contributed by atoms with van der Waals surface area (Å²) in [6.07, 6.45) is 2.35. The largest absolute Gasteiger partial charge is 0.495 e. The molecule has 0 radical (unpaired) electrons. The summed E-state index contributed by atoms with van der Waals surface area (Å²) in [6, 6.07) is 17.7. The van der Waals surface area contributed by atoms with Crippen molar-refractivity contribution in [1.29, 1.82) is 0 Å². The van der Waals surface area contributed by atoms with Crippen molar-refractivity contribution >= 4 is 23.2 Å². The normalized spacial score (nSPS) is 12.9. The second-order valence-electron chi connectivity index (χ2n) is 7.33. The van der Waals surface area contributed by atoms with Gasteiger partial charge in [0, 0.05) is 22.9 Å². The number of rotatable bonds is 6. The summed E-state index contributed by atoms with van der Waals surface area (Å²) in [4.78, 5) is 29.7. The molecule has 0 saturated heterocycles. The second kappa shape index (κ2) is 8.37. The van der Waals surface area contributed by atoms with Crippen molar-refractivity contribution in [1.82, 2.24) is 4.98 Å². The number of nitrogens with zero attached hydrogens (tertiary/aromatic N) is 1. The molecule has 0 unspecified atom stereocenters. The number of aryl methyl sites for hydroxylation is 1. The minimum atomic E-state index is -0.256. The zero-order chi connectivity index (χ0) is 21.1. The first kappa shape index (κ1) is 19.6. The molecule has 30 heavy (non-hydrogen) atoms. The first-order valence-corrected chi connectivity index (χ1v) is 9.88. The van der Waals surface area contributed by atoms with Crippen molar-refractivity contribution in [3.63, 3.8) is 0 Å². The van der Waals surface area contributed by atoms with Gasteiger partial charge in [0.05, 0.1) is 24.1 Å². The van der Waals surface area contributed by atoms with E-state index in [4.69, 9.17) is 4.74 Å². The molecule has 2 N–H and O–H groups in total. The van der Waals surface area contributed by atoms with E-state index in [-0.39, 0.29) is 11.8 Å². The van der Waals surface area contributed by atoms with Crippen molar-refractivity contribution in [2.24, 2.45) is 0 Å². The van der Waals surface area contributed by atoms with Gasteiger partial charge in [-0.3, -0.25) is 14.6 Å². The van der Waals surface area contributed by atoms with Crippen LogP contribution in [0.3, 0.4) is 0 Å². The maximum atomic E-state index is 12.6. The number of hydrogen-bond acceptors (Lipinski definition) is 4. The average Bonchev–Trinajstić information content (AvgIpc) is 3.60. The van der Waals surface area contributed by atoms with Crippen molar-refractivity contribution < 1.29 is 14.3 Å². The van der Waals surface area contributed by atoms with Gasteiger partial charge in [-0.1, -0.05) is 12.1 Å². The Bertz CT molecular complexity index is 1090. The van der Waals surface area contributed by atoms with Gasteiger partial charge < -0.3 is 15.4 Å². The van der Waals surface area contributed by atoms with Gasteiger partial charge in [-0.05, 0) is 68.3 Å². The number of hydrogen-bond donors (Lipinski definition) is 2. The van der Waals surface area contributed by atoms with E-state index < -0.39 is 0 Å². The van der Waals surface area contributed by atoms with Crippen LogP contribution in [0.25, 0.3) is 0 Å². The number of aromatic nitrogens is 1. The third kappa shape index (κ3) is 4.33. The van der Waals surface area contributed by atoms with E-state index >= 15 is 0 Å². The van der Waals surface area contributed by atoms with E-state index in [0.717, 1.165) is 11.4 Å². The van der Waals surface area contributed by atoms with Gasteiger partial charge in [0.15, 0.2) is 0 Å². The molecule has 2 amide bonds. The standard InChI is InChI=1S/C24H23N3O3/c1-15-19(13-14-20(25-15)16-7-8-16)24(29)26-18-11-9-17(10-12-18)23(28)27-21-5-3-4-6-22(21)30-2/h3-6,9-14,16H,7-8H2,1-2H3,(H,26,29)(H,27,28). The molecular weight excluding hydrogens is 378 g/mol. The number of pyridine rings is 1. The molecule has 6 heteroatoms. The molecule has 0 atom stereocenters. The van der Waals surface area contributed by atoms with Crippen molar-refractivity contribution in [2.75, 3.05) is 17.7 Å². The summed E-state index contributed by atoms with van der Waals surface area (Å²) >= 11 is 0. The van der Waals surface area contributed by atoms with Gasteiger partial charge in [0.2, 0.25) is 0 Å². The fraction of sp³-hybridized carbons (Fsp3) is 0.208. The third-order valence-corrected chi connectivity index (χ3v) is 5.11. The summed E-state index contributed by atoms with van der Waals surface area (Å²) in [7, 11) is 1.55. The Hall–Kier alpha value is -3.67. The van der Waals surface area contributed by atoms with Gasteiger partial charge in [-0.15, -0.1) is 0 Å². The Labute approximate surface area is 175 Å². The molecule has 1 aliphatic rings. The van der Waals surface area contributed by atoms with Crippen LogP contribution in [0.5, 0.6) is 5.75 Å². The number of nitrogens with one attached hydrogen (secondary N) is 2. The van der Waals surface area contributed by atoms with Crippen LogP contribution in [-0.4, -0.2) is 23.9 Å². The number of anilines is 2. The lowest BCUT2D eigenvalue weighted by Crippen LogP contribution is -2.15.